The molecule has 1 N–H and O–H groups in total. The van der Waals surface area contributed by atoms with Crippen LogP contribution in [0.15, 0.2) is 50.6 Å². The van der Waals surface area contributed by atoms with Gasteiger partial charge in [-0.05, 0) is 61.4 Å². The van der Waals surface area contributed by atoms with Crippen molar-refractivity contribution in [2.24, 2.45) is 5.10 Å². The molecule has 2 aromatic rings. The van der Waals surface area contributed by atoms with Crippen LogP contribution in [0.3, 0.4) is 0 Å². The standard InChI is InChI=1S/C17H17BrN2O3/c1-12-9-14(18)10-13(2)17(12)23-11-16(21)20-19-7-3-5-15-6-4-8-22-15/h3-10H,11H2,1-2H3,(H,20,21). The molecule has 0 unspecified atom stereocenters. The molecule has 0 spiro atoms. The van der Waals surface area contributed by atoms with Gasteiger partial charge in [-0.1, -0.05) is 15.9 Å². The highest BCUT2D eigenvalue weighted by molar-refractivity contribution is 9.10. The number of nitrogens with zero attached hydrogens (tertiary/aromatic N) is 1. The van der Waals surface area contributed by atoms with Gasteiger partial charge in [0.05, 0.1) is 6.26 Å². The van der Waals surface area contributed by atoms with Crippen molar-refractivity contribution in [3.05, 3.63) is 58.0 Å². The van der Waals surface area contributed by atoms with Crippen LogP contribution < -0.4 is 10.2 Å². The van der Waals surface area contributed by atoms with E-state index in [0.29, 0.717) is 11.5 Å². The van der Waals surface area contributed by atoms with Crippen LogP contribution in [0.4, 0.5) is 0 Å². The van der Waals surface area contributed by atoms with E-state index >= 15 is 0 Å². The summed E-state index contributed by atoms with van der Waals surface area (Å²) in [6, 6.07) is 7.50. The molecule has 0 aliphatic rings. The van der Waals surface area contributed by atoms with E-state index in [1.54, 1.807) is 24.5 Å². The Balaban J connectivity index is 1.79. The number of hydrazone groups is 1. The Morgan fingerprint density at radius 3 is 2.78 bits per heavy atom. The summed E-state index contributed by atoms with van der Waals surface area (Å²) in [4.78, 5) is 11.7. The minimum Gasteiger partial charge on any atom is -0.483 e. The molecule has 120 valence electrons. The Morgan fingerprint density at radius 2 is 2.13 bits per heavy atom. The Kier molecular flexibility index (Phi) is 6.17. The molecular formula is C17H17BrN2O3. The third kappa shape index (κ3) is 5.41. The average Bonchev–Trinajstić information content (AvgIpc) is 2.99. The number of ether oxygens (including phenoxy) is 1. The molecule has 1 aromatic heterocycles. The van der Waals surface area contributed by atoms with E-state index in [1.807, 2.05) is 32.0 Å². The highest BCUT2D eigenvalue weighted by atomic mass is 79.9. The lowest BCUT2D eigenvalue weighted by molar-refractivity contribution is -0.123. The second-order valence-corrected chi connectivity index (χ2v) is 5.76. The summed E-state index contributed by atoms with van der Waals surface area (Å²) in [5, 5.41) is 3.80. The van der Waals surface area contributed by atoms with Gasteiger partial charge in [-0.25, -0.2) is 5.43 Å². The van der Waals surface area contributed by atoms with Crippen molar-refractivity contribution in [3.8, 4) is 5.75 Å². The fourth-order valence-electron chi connectivity index (χ4n) is 1.97. The number of allylic oxidation sites excluding steroid dienone is 1. The first-order valence-corrected chi connectivity index (χ1v) is 7.77. The summed E-state index contributed by atoms with van der Waals surface area (Å²) in [6.45, 7) is 3.77. The van der Waals surface area contributed by atoms with Crippen molar-refractivity contribution >= 4 is 34.1 Å². The summed E-state index contributed by atoms with van der Waals surface area (Å²) in [6.07, 6.45) is 6.46. The highest BCUT2D eigenvalue weighted by Gasteiger charge is 2.08. The number of rotatable bonds is 6. The van der Waals surface area contributed by atoms with Crippen molar-refractivity contribution in [2.45, 2.75) is 13.8 Å². The summed E-state index contributed by atoms with van der Waals surface area (Å²) in [7, 11) is 0. The second-order valence-electron chi connectivity index (χ2n) is 4.85. The molecule has 0 aliphatic heterocycles. The molecule has 0 aliphatic carbocycles. The van der Waals surface area contributed by atoms with Gasteiger partial charge < -0.3 is 9.15 Å². The molecule has 0 saturated heterocycles. The molecule has 2 rings (SSSR count). The lowest BCUT2D eigenvalue weighted by Gasteiger charge is -2.11. The van der Waals surface area contributed by atoms with Gasteiger partial charge in [0, 0.05) is 10.7 Å². The Hall–Kier alpha value is -2.34. The average molecular weight is 377 g/mol. The first-order valence-electron chi connectivity index (χ1n) is 6.98. The van der Waals surface area contributed by atoms with Crippen LogP contribution in [0.25, 0.3) is 6.08 Å². The molecule has 0 saturated carbocycles. The molecule has 0 fully saturated rings. The summed E-state index contributed by atoms with van der Waals surface area (Å²) in [5.41, 5.74) is 4.33. The maximum absolute atomic E-state index is 11.7. The fourth-order valence-corrected chi connectivity index (χ4v) is 2.66. The van der Waals surface area contributed by atoms with E-state index in [-0.39, 0.29) is 12.5 Å². The van der Waals surface area contributed by atoms with Crippen LogP contribution in [0.5, 0.6) is 5.75 Å². The lowest BCUT2D eigenvalue weighted by Crippen LogP contribution is -2.24. The number of carbonyl (C=O) groups is 1. The zero-order valence-electron chi connectivity index (χ0n) is 12.9. The fraction of sp³-hybridized carbons (Fsp3) is 0.176. The normalized spacial score (nSPS) is 11.3. The third-order valence-corrected chi connectivity index (χ3v) is 3.38. The number of amides is 1. The molecule has 5 nitrogen and oxygen atoms in total. The van der Waals surface area contributed by atoms with E-state index in [1.165, 1.54) is 6.21 Å². The SMILES string of the molecule is Cc1cc(Br)cc(C)c1OCC(=O)NN=CC=Cc1ccco1. The predicted molar refractivity (Wildman–Crippen MR) is 93.5 cm³/mol. The molecule has 0 radical (unpaired) electrons. The number of nitrogens with one attached hydrogen (secondary N) is 1. The van der Waals surface area contributed by atoms with Crippen LogP contribution >= 0.6 is 15.9 Å². The smallest absolute Gasteiger partial charge is 0.277 e. The monoisotopic (exact) mass is 376 g/mol. The van der Waals surface area contributed by atoms with Gasteiger partial charge in [-0.3, -0.25) is 4.79 Å². The predicted octanol–water partition coefficient (Wildman–Crippen LogP) is 3.85. The zero-order chi connectivity index (χ0) is 16.7. The van der Waals surface area contributed by atoms with Crippen molar-refractivity contribution in [1.82, 2.24) is 5.43 Å². The number of furan rings is 1. The van der Waals surface area contributed by atoms with Crippen molar-refractivity contribution in [1.29, 1.82) is 0 Å². The number of halogens is 1. The lowest BCUT2D eigenvalue weighted by atomic mass is 10.1. The quantitative estimate of drug-likeness (QED) is 0.614. The van der Waals surface area contributed by atoms with Gasteiger partial charge in [0.1, 0.15) is 11.5 Å². The molecule has 0 atom stereocenters. The topological polar surface area (TPSA) is 63.8 Å². The maximum atomic E-state index is 11.7. The van der Waals surface area contributed by atoms with Gasteiger partial charge in [0.25, 0.3) is 5.91 Å². The zero-order valence-corrected chi connectivity index (χ0v) is 14.5. The minimum atomic E-state index is -0.325. The van der Waals surface area contributed by atoms with Gasteiger partial charge >= 0.3 is 0 Å². The third-order valence-electron chi connectivity index (χ3n) is 2.93. The molecular weight excluding hydrogens is 360 g/mol. The van der Waals surface area contributed by atoms with E-state index in [2.05, 4.69) is 26.5 Å². The number of carbonyl (C=O) groups excluding carboxylic acids is 1. The molecule has 1 aromatic carbocycles. The number of benzene rings is 1. The van der Waals surface area contributed by atoms with Crippen molar-refractivity contribution in [2.75, 3.05) is 6.61 Å². The first-order chi connectivity index (χ1) is 11.1. The van der Waals surface area contributed by atoms with Crippen LogP contribution in [-0.2, 0) is 4.79 Å². The van der Waals surface area contributed by atoms with E-state index in [9.17, 15) is 4.79 Å². The van der Waals surface area contributed by atoms with Crippen molar-refractivity contribution < 1.29 is 13.9 Å². The second kappa shape index (κ2) is 8.33. The Bertz CT molecular complexity index is 698. The summed E-state index contributed by atoms with van der Waals surface area (Å²) < 4.78 is 11.7. The van der Waals surface area contributed by atoms with Gasteiger partial charge in [-0.2, -0.15) is 5.10 Å². The number of aryl methyl sites for hydroxylation is 2. The van der Waals surface area contributed by atoms with Gasteiger partial charge in [0.2, 0.25) is 0 Å². The molecule has 1 amide bonds. The number of hydrogen-bond donors (Lipinski definition) is 1. The van der Waals surface area contributed by atoms with Crippen LogP contribution in [-0.4, -0.2) is 18.7 Å². The molecule has 23 heavy (non-hydrogen) atoms. The molecule has 0 bridgehead atoms. The van der Waals surface area contributed by atoms with Gasteiger partial charge in [-0.15, -0.1) is 0 Å². The summed E-state index contributed by atoms with van der Waals surface area (Å²) >= 11 is 3.42. The number of hydrogen-bond acceptors (Lipinski definition) is 4. The van der Waals surface area contributed by atoms with Crippen LogP contribution in [0, 0.1) is 13.8 Å². The minimum absolute atomic E-state index is 0.0947. The first kappa shape index (κ1) is 17.0. The van der Waals surface area contributed by atoms with Crippen LogP contribution in [0.2, 0.25) is 0 Å². The van der Waals surface area contributed by atoms with Crippen molar-refractivity contribution in [3.63, 3.8) is 0 Å². The highest BCUT2D eigenvalue weighted by Crippen LogP contribution is 2.27. The van der Waals surface area contributed by atoms with E-state index in [4.69, 9.17) is 9.15 Å². The molecule has 6 heteroatoms. The van der Waals surface area contributed by atoms with E-state index in [0.717, 1.165) is 15.6 Å². The van der Waals surface area contributed by atoms with Gasteiger partial charge in [0.15, 0.2) is 6.61 Å². The Morgan fingerprint density at radius 1 is 1.39 bits per heavy atom. The molecule has 1 heterocycles. The largest absolute Gasteiger partial charge is 0.483 e. The van der Waals surface area contributed by atoms with Crippen LogP contribution in [0.1, 0.15) is 16.9 Å². The Labute approximate surface area is 143 Å². The van der Waals surface area contributed by atoms with E-state index < -0.39 is 0 Å². The summed E-state index contributed by atoms with van der Waals surface area (Å²) in [5.74, 6) is 1.10. The maximum Gasteiger partial charge on any atom is 0.277 e.